The van der Waals surface area contributed by atoms with Crippen LogP contribution in [0.2, 0.25) is 0 Å². The molecule has 0 unspecified atom stereocenters. The van der Waals surface area contributed by atoms with Gasteiger partial charge >= 0.3 is 0 Å². The average Bonchev–Trinajstić information content (AvgIpc) is 3.76. The largest absolute Gasteiger partial charge is 0.457 e. The molecule has 1 aliphatic carbocycles. The first-order valence-corrected chi connectivity index (χ1v) is 23.4. The number of hydrogen-bond acceptors (Lipinski definition) is 4. The lowest BCUT2D eigenvalue weighted by Crippen LogP contribution is -2.36. The van der Waals surface area contributed by atoms with E-state index < -0.39 is 0 Å². The van der Waals surface area contributed by atoms with Gasteiger partial charge in [0.2, 0.25) is 0 Å². The Morgan fingerprint density at radius 3 is 2.03 bits per heavy atom. The lowest BCUT2D eigenvalue weighted by atomic mass is 9.84. The summed E-state index contributed by atoms with van der Waals surface area (Å²) < 4.78 is 9.27. The SMILES string of the molecule is Cc1ccc2c(c1C)C[C@@]1(C)N=C(c3cc(Oc4ccc5c6cc(C(C)(C)C)ccc6n(-c6cc(C(C)(C)C)ccn6)c5c4)cc(-c4c(C(C)C)cccc4C(C)C)c3)S[C@@]21C. The fourth-order valence-electron chi connectivity index (χ4n) is 9.96. The Morgan fingerprint density at radius 1 is 0.677 bits per heavy atom. The molecule has 0 saturated carbocycles. The molecule has 318 valence electrons. The van der Waals surface area contributed by atoms with Gasteiger partial charge in [-0.2, -0.15) is 0 Å². The molecule has 4 nitrogen and oxygen atoms in total. The smallest absolute Gasteiger partial charge is 0.137 e. The van der Waals surface area contributed by atoms with Crippen molar-refractivity contribution < 1.29 is 4.74 Å². The van der Waals surface area contributed by atoms with E-state index in [1.54, 1.807) is 0 Å². The quantitative estimate of drug-likeness (QED) is 0.161. The minimum Gasteiger partial charge on any atom is -0.457 e. The van der Waals surface area contributed by atoms with Crippen molar-refractivity contribution in [1.82, 2.24) is 9.55 Å². The summed E-state index contributed by atoms with van der Waals surface area (Å²) in [6.45, 7) is 32.1. The van der Waals surface area contributed by atoms with Crippen molar-refractivity contribution in [3.63, 3.8) is 0 Å². The first-order chi connectivity index (χ1) is 29.2. The summed E-state index contributed by atoms with van der Waals surface area (Å²) in [6, 6.07) is 36.2. The van der Waals surface area contributed by atoms with Crippen molar-refractivity contribution in [3.8, 4) is 28.4 Å². The van der Waals surface area contributed by atoms with Crippen LogP contribution in [0.3, 0.4) is 0 Å². The highest BCUT2D eigenvalue weighted by atomic mass is 32.2. The van der Waals surface area contributed by atoms with Gasteiger partial charge in [0, 0.05) is 28.6 Å². The van der Waals surface area contributed by atoms with Crippen LogP contribution in [0.25, 0.3) is 38.8 Å². The van der Waals surface area contributed by atoms with Crippen molar-refractivity contribution in [2.24, 2.45) is 4.99 Å². The van der Waals surface area contributed by atoms with Gasteiger partial charge in [-0.1, -0.05) is 117 Å². The van der Waals surface area contributed by atoms with Gasteiger partial charge in [0.25, 0.3) is 0 Å². The summed E-state index contributed by atoms with van der Waals surface area (Å²) in [5, 5.41) is 3.47. The van der Waals surface area contributed by atoms with Crippen LogP contribution in [0.5, 0.6) is 11.5 Å². The number of aromatic nitrogens is 2. The maximum absolute atomic E-state index is 7.12. The Morgan fingerprint density at radius 2 is 1.35 bits per heavy atom. The van der Waals surface area contributed by atoms with E-state index in [2.05, 4.69) is 199 Å². The Balaban J connectivity index is 1.22. The molecule has 5 heteroatoms. The van der Waals surface area contributed by atoms with E-state index in [-0.39, 0.29) is 21.1 Å². The lowest BCUT2D eigenvalue weighted by molar-refractivity contribution is 0.407. The molecule has 2 aromatic heterocycles. The molecule has 0 bridgehead atoms. The predicted molar refractivity (Wildman–Crippen MR) is 266 cm³/mol. The summed E-state index contributed by atoms with van der Waals surface area (Å²) >= 11 is 1.93. The standard InChI is InChI=1S/C57H63N3OS/c1-33(2)43-16-15-17-44(34(3)4)52(43)37-26-38(53-59-56(13)32-47-36(6)35(5)18-22-48(47)57(56,14)62-53)28-42(27-37)61-41-20-21-45-46-29-39(54(7,8)9)19-23-49(46)60(50(45)31-41)51-30-40(24-25-58-51)55(10,11)12/h15-31,33-34H,32H2,1-14H3/t56-,57+/m1/s1. The van der Waals surface area contributed by atoms with Crippen molar-refractivity contribution in [2.45, 2.75) is 136 Å². The highest BCUT2D eigenvalue weighted by molar-refractivity contribution is 8.15. The molecule has 62 heavy (non-hydrogen) atoms. The molecule has 5 aromatic carbocycles. The van der Waals surface area contributed by atoms with Crippen molar-refractivity contribution in [2.75, 3.05) is 0 Å². The van der Waals surface area contributed by atoms with E-state index in [1.165, 1.54) is 66.4 Å². The van der Waals surface area contributed by atoms with E-state index in [1.807, 2.05) is 18.0 Å². The van der Waals surface area contributed by atoms with E-state index in [0.717, 1.165) is 45.4 Å². The third kappa shape index (κ3) is 6.90. The number of aliphatic imine (C=N–C) groups is 1. The van der Waals surface area contributed by atoms with E-state index >= 15 is 0 Å². The third-order valence-corrected chi connectivity index (χ3v) is 15.7. The number of thioether (sulfide) groups is 1. The zero-order chi connectivity index (χ0) is 44.3. The third-order valence-electron chi connectivity index (χ3n) is 14.1. The fraction of sp³-hybridized carbons (Fsp3) is 0.368. The predicted octanol–water partition coefficient (Wildman–Crippen LogP) is 15.8. The number of hydrogen-bond donors (Lipinski definition) is 0. The zero-order valence-electron chi connectivity index (χ0n) is 39.3. The van der Waals surface area contributed by atoms with Crippen LogP contribution >= 0.6 is 11.8 Å². The second-order valence-corrected chi connectivity index (χ2v) is 22.6. The molecular weight excluding hydrogens is 775 g/mol. The van der Waals surface area contributed by atoms with Crippen molar-refractivity contribution in [1.29, 1.82) is 0 Å². The van der Waals surface area contributed by atoms with Gasteiger partial charge in [0.15, 0.2) is 0 Å². The van der Waals surface area contributed by atoms with E-state index in [4.69, 9.17) is 14.7 Å². The monoisotopic (exact) mass is 837 g/mol. The Labute approximate surface area is 374 Å². The highest BCUT2D eigenvalue weighted by Crippen LogP contribution is 2.61. The Bertz CT molecular complexity index is 2940. The summed E-state index contributed by atoms with van der Waals surface area (Å²) in [5.74, 6) is 3.20. The molecular formula is C57H63N3OS. The van der Waals surface area contributed by atoms with Crippen molar-refractivity contribution >= 4 is 38.6 Å². The van der Waals surface area contributed by atoms with Crippen LogP contribution < -0.4 is 4.74 Å². The van der Waals surface area contributed by atoms with Gasteiger partial charge in [-0.25, -0.2) is 4.98 Å². The fourth-order valence-corrected chi connectivity index (χ4v) is 11.5. The zero-order valence-corrected chi connectivity index (χ0v) is 40.2. The van der Waals surface area contributed by atoms with E-state index in [9.17, 15) is 0 Å². The normalized spacial score (nSPS) is 18.9. The molecule has 0 spiro atoms. The van der Waals surface area contributed by atoms with Crippen LogP contribution in [-0.4, -0.2) is 20.1 Å². The molecule has 0 amide bonds. The number of pyridine rings is 1. The van der Waals surface area contributed by atoms with Gasteiger partial charge in [0.1, 0.15) is 17.3 Å². The molecule has 3 heterocycles. The van der Waals surface area contributed by atoms with Crippen LogP contribution in [-0.2, 0) is 22.0 Å². The van der Waals surface area contributed by atoms with Crippen LogP contribution in [0.1, 0.15) is 145 Å². The van der Waals surface area contributed by atoms with Crippen LogP contribution in [0.15, 0.2) is 108 Å². The average molecular weight is 838 g/mol. The second kappa shape index (κ2) is 14.7. The number of aryl methyl sites for hydroxylation is 1. The van der Waals surface area contributed by atoms with Crippen molar-refractivity contribution in [3.05, 3.63) is 153 Å². The van der Waals surface area contributed by atoms with Gasteiger partial charge in [0.05, 0.1) is 26.4 Å². The van der Waals surface area contributed by atoms with E-state index in [0.29, 0.717) is 11.8 Å². The van der Waals surface area contributed by atoms with Gasteiger partial charge in [-0.15, -0.1) is 0 Å². The molecule has 2 aliphatic rings. The number of benzene rings is 5. The maximum Gasteiger partial charge on any atom is 0.137 e. The van der Waals surface area contributed by atoms with Gasteiger partial charge < -0.3 is 4.74 Å². The lowest BCUT2D eigenvalue weighted by Gasteiger charge is -2.31. The summed E-state index contributed by atoms with van der Waals surface area (Å²) in [6.07, 6.45) is 2.89. The first kappa shape index (κ1) is 42.2. The van der Waals surface area contributed by atoms with Gasteiger partial charge in [-0.05, 0) is 167 Å². The highest BCUT2D eigenvalue weighted by Gasteiger charge is 2.57. The Hall–Kier alpha value is -5.13. The molecule has 0 fully saturated rings. The number of nitrogens with zero attached hydrogens (tertiary/aromatic N) is 3. The Kier molecular flexibility index (Phi) is 10.0. The molecule has 9 rings (SSSR count). The van der Waals surface area contributed by atoms with Gasteiger partial charge in [-0.3, -0.25) is 9.56 Å². The topological polar surface area (TPSA) is 39.4 Å². The van der Waals surface area contributed by atoms with Crippen LogP contribution in [0.4, 0.5) is 0 Å². The summed E-state index contributed by atoms with van der Waals surface area (Å²) in [7, 11) is 0. The molecule has 0 N–H and O–H groups in total. The summed E-state index contributed by atoms with van der Waals surface area (Å²) in [4.78, 5) is 10.7. The molecule has 0 radical (unpaired) electrons. The number of rotatable bonds is 7. The molecule has 1 aliphatic heterocycles. The molecule has 2 atom stereocenters. The van der Waals surface area contributed by atoms with Crippen LogP contribution in [0, 0.1) is 13.8 Å². The minimum absolute atomic E-state index is 0.0131. The molecule has 7 aromatic rings. The maximum atomic E-state index is 7.12. The summed E-state index contributed by atoms with van der Waals surface area (Å²) in [5.41, 5.74) is 16.4. The molecule has 0 saturated heterocycles. The number of fused-ring (bicyclic) bond motifs is 6. The number of ether oxygens (including phenoxy) is 1. The minimum atomic E-state index is -0.256. The first-order valence-electron chi connectivity index (χ1n) is 22.6. The second-order valence-electron chi connectivity index (χ2n) is 21.2.